The van der Waals surface area contributed by atoms with Gasteiger partial charge in [-0.05, 0) is 49.2 Å². The molecule has 32 heavy (non-hydrogen) atoms. The van der Waals surface area contributed by atoms with E-state index in [0.29, 0.717) is 18.2 Å². The maximum atomic E-state index is 10.2. The molecular weight excluding hydrogens is 402 g/mol. The van der Waals surface area contributed by atoms with E-state index in [1.54, 1.807) is 6.20 Å². The minimum absolute atomic E-state index is 0.206. The number of nitrogens with zero attached hydrogens (tertiary/aromatic N) is 2. The summed E-state index contributed by atoms with van der Waals surface area (Å²) in [6.45, 7) is 2.82. The number of benzene rings is 3. The number of para-hydroxylation sites is 1. The summed E-state index contributed by atoms with van der Waals surface area (Å²) in [5.74, 6) is 1.97. The third kappa shape index (κ3) is 6.03. The Morgan fingerprint density at radius 3 is 2.47 bits per heavy atom. The molecule has 1 heterocycles. The van der Waals surface area contributed by atoms with E-state index in [-0.39, 0.29) is 12.6 Å². The zero-order valence-electron chi connectivity index (χ0n) is 18.0. The first-order valence-electron chi connectivity index (χ1n) is 10.7. The Kier molecular flexibility index (Phi) is 7.27. The van der Waals surface area contributed by atoms with Crippen LogP contribution in [0.2, 0.25) is 0 Å². The SMILES string of the molecule is C[C@@H](Cc1ccc(Oc2nncc3ccccc23)cc1)NC[C@H](O)COc1ccccc1. The smallest absolute Gasteiger partial charge is 0.246 e. The zero-order chi connectivity index (χ0) is 22.2. The number of hydrogen-bond acceptors (Lipinski definition) is 6. The maximum absolute atomic E-state index is 10.2. The Morgan fingerprint density at radius 1 is 0.906 bits per heavy atom. The monoisotopic (exact) mass is 429 g/mol. The van der Waals surface area contributed by atoms with Crippen LogP contribution < -0.4 is 14.8 Å². The number of hydrogen-bond donors (Lipinski definition) is 2. The van der Waals surface area contributed by atoms with Gasteiger partial charge in [0.15, 0.2) is 0 Å². The zero-order valence-corrected chi connectivity index (χ0v) is 18.0. The molecule has 0 bridgehead atoms. The van der Waals surface area contributed by atoms with Crippen LogP contribution in [0, 0.1) is 0 Å². The fourth-order valence-electron chi connectivity index (χ4n) is 3.41. The molecular formula is C26H27N3O3. The van der Waals surface area contributed by atoms with E-state index >= 15 is 0 Å². The number of aliphatic hydroxyl groups is 1. The summed E-state index contributed by atoms with van der Waals surface area (Å²) >= 11 is 0. The van der Waals surface area contributed by atoms with Gasteiger partial charge < -0.3 is 19.9 Å². The third-order valence-electron chi connectivity index (χ3n) is 5.10. The van der Waals surface area contributed by atoms with Crippen molar-refractivity contribution in [3.05, 3.63) is 90.6 Å². The Labute approximate surface area is 187 Å². The molecule has 0 amide bonds. The van der Waals surface area contributed by atoms with Crippen molar-refractivity contribution in [1.82, 2.24) is 15.5 Å². The molecule has 2 N–H and O–H groups in total. The van der Waals surface area contributed by atoms with Crippen molar-refractivity contribution >= 4 is 10.8 Å². The molecule has 6 nitrogen and oxygen atoms in total. The van der Waals surface area contributed by atoms with Gasteiger partial charge in [0, 0.05) is 23.4 Å². The highest BCUT2D eigenvalue weighted by Crippen LogP contribution is 2.27. The van der Waals surface area contributed by atoms with E-state index in [4.69, 9.17) is 9.47 Å². The summed E-state index contributed by atoms with van der Waals surface area (Å²) in [6, 6.07) is 25.6. The molecule has 4 aromatic rings. The van der Waals surface area contributed by atoms with E-state index < -0.39 is 6.10 Å². The molecule has 0 aliphatic carbocycles. The van der Waals surface area contributed by atoms with E-state index in [9.17, 15) is 5.11 Å². The molecule has 0 unspecified atom stereocenters. The second-order valence-electron chi connectivity index (χ2n) is 7.77. The molecule has 1 aromatic heterocycles. The predicted octanol–water partition coefficient (Wildman–Crippen LogP) is 4.38. The Balaban J connectivity index is 1.25. The lowest BCUT2D eigenvalue weighted by atomic mass is 10.1. The minimum atomic E-state index is -0.574. The lowest BCUT2D eigenvalue weighted by Crippen LogP contribution is -2.37. The molecule has 164 valence electrons. The second-order valence-corrected chi connectivity index (χ2v) is 7.77. The highest BCUT2D eigenvalue weighted by Gasteiger charge is 2.10. The molecule has 2 atom stereocenters. The van der Waals surface area contributed by atoms with Crippen LogP contribution in [0.5, 0.6) is 17.4 Å². The molecule has 0 saturated carbocycles. The van der Waals surface area contributed by atoms with Gasteiger partial charge in [0.2, 0.25) is 5.88 Å². The summed E-state index contributed by atoms with van der Waals surface area (Å²) in [7, 11) is 0. The van der Waals surface area contributed by atoms with Gasteiger partial charge in [-0.3, -0.25) is 0 Å². The van der Waals surface area contributed by atoms with Crippen LogP contribution >= 0.6 is 0 Å². The highest BCUT2D eigenvalue weighted by atomic mass is 16.5. The number of aromatic nitrogens is 2. The summed E-state index contributed by atoms with van der Waals surface area (Å²) in [4.78, 5) is 0. The van der Waals surface area contributed by atoms with Gasteiger partial charge in [-0.2, -0.15) is 5.10 Å². The first-order valence-corrected chi connectivity index (χ1v) is 10.7. The van der Waals surface area contributed by atoms with Crippen molar-refractivity contribution in [2.24, 2.45) is 0 Å². The summed E-state index contributed by atoms with van der Waals surface area (Å²) in [5, 5.41) is 23.6. The highest BCUT2D eigenvalue weighted by molar-refractivity contribution is 5.85. The Morgan fingerprint density at radius 2 is 1.66 bits per heavy atom. The van der Waals surface area contributed by atoms with Gasteiger partial charge in [-0.1, -0.05) is 48.5 Å². The number of rotatable bonds is 10. The van der Waals surface area contributed by atoms with Gasteiger partial charge in [-0.25, -0.2) is 0 Å². The molecule has 0 radical (unpaired) electrons. The van der Waals surface area contributed by atoms with Crippen LogP contribution in [0.1, 0.15) is 12.5 Å². The van der Waals surface area contributed by atoms with Crippen LogP contribution in [0.25, 0.3) is 10.8 Å². The van der Waals surface area contributed by atoms with Gasteiger partial charge in [0.25, 0.3) is 0 Å². The third-order valence-corrected chi connectivity index (χ3v) is 5.10. The van der Waals surface area contributed by atoms with Crippen molar-refractivity contribution < 1.29 is 14.6 Å². The van der Waals surface area contributed by atoms with Gasteiger partial charge in [0.05, 0.1) is 6.20 Å². The van der Waals surface area contributed by atoms with Gasteiger partial charge in [0.1, 0.15) is 24.2 Å². The first kappa shape index (κ1) is 21.7. The Hall–Kier alpha value is -3.48. The lowest BCUT2D eigenvalue weighted by molar-refractivity contribution is 0.104. The van der Waals surface area contributed by atoms with E-state index in [2.05, 4.69) is 22.4 Å². The van der Waals surface area contributed by atoms with Crippen LogP contribution in [-0.2, 0) is 6.42 Å². The molecule has 0 aliphatic rings. The standard InChI is InChI=1S/C26H27N3O3/c1-19(27-17-22(30)18-31-23-8-3-2-4-9-23)15-20-11-13-24(14-12-20)32-26-25-10-6-5-7-21(25)16-28-29-26/h2-14,16,19,22,27,30H,15,17-18H2,1H3/t19-,22-/m0/s1. The predicted molar refractivity (Wildman–Crippen MR) is 125 cm³/mol. The van der Waals surface area contributed by atoms with Gasteiger partial charge >= 0.3 is 0 Å². The summed E-state index contributed by atoms with van der Waals surface area (Å²) < 4.78 is 11.6. The topological polar surface area (TPSA) is 76.5 Å². The molecule has 0 fully saturated rings. The van der Waals surface area contributed by atoms with E-state index in [0.717, 1.165) is 22.9 Å². The van der Waals surface area contributed by atoms with Crippen molar-refractivity contribution in [2.75, 3.05) is 13.2 Å². The largest absolute Gasteiger partial charge is 0.491 e. The molecule has 6 heteroatoms. The minimum Gasteiger partial charge on any atom is -0.491 e. The second kappa shape index (κ2) is 10.7. The molecule has 0 spiro atoms. The quantitative estimate of drug-likeness (QED) is 0.390. The normalized spacial score (nSPS) is 12.9. The fourth-order valence-corrected chi connectivity index (χ4v) is 3.41. The Bertz CT molecular complexity index is 1110. The summed E-state index contributed by atoms with van der Waals surface area (Å²) in [6.07, 6.45) is 1.99. The average Bonchev–Trinajstić information content (AvgIpc) is 2.83. The van der Waals surface area contributed by atoms with Crippen molar-refractivity contribution in [1.29, 1.82) is 0 Å². The van der Waals surface area contributed by atoms with Crippen LogP contribution in [-0.4, -0.2) is 40.6 Å². The lowest BCUT2D eigenvalue weighted by Gasteiger charge is -2.18. The van der Waals surface area contributed by atoms with Crippen LogP contribution in [0.3, 0.4) is 0 Å². The number of nitrogens with one attached hydrogen (secondary N) is 1. The van der Waals surface area contributed by atoms with Crippen molar-refractivity contribution in [3.63, 3.8) is 0 Å². The molecule has 4 rings (SSSR count). The number of fused-ring (bicyclic) bond motifs is 1. The average molecular weight is 430 g/mol. The van der Waals surface area contributed by atoms with Crippen molar-refractivity contribution in [3.8, 4) is 17.4 Å². The van der Waals surface area contributed by atoms with Crippen molar-refractivity contribution in [2.45, 2.75) is 25.5 Å². The number of ether oxygens (including phenoxy) is 2. The molecule has 0 aliphatic heterocycles. The van der Waals surface area contributed by atoms with Crippen LogP contribution in [0.15, 0.2) is 85.1 Å². The van der Waals surface area contributed by atoms with Gasteiger partial charge in [-0.15, -0.1) is 5.10 Å². The van der Waals surface area contributed by atoms with E-state index in [1.807, 2.05) is 78.9 Å². The van der Waals surface area contributed by atoms with E-state index in [1.165, 1.54) is 5.56 Å². The number of aliphatic hydroxyl groups excluding tert-OH is 1. The first-order chi connectivity index (χ1) is 15.7. The fraction of sp³-hybridized carbons (Fsp3) is 0.231. The molecule has 0 saturated heterocycles. The van der Waals surface area contributed by atoms with Crippen LogP contribution in [0.4, 0.5) is 0 Å². The maximum Gasteiger partial charge on any atom is 0.246 e. The molecule has 3 aromatic carbocycles. The summed E-state index contributed by atoms with van der Waals surface area (Å²) in [5.41, 5.74) is 1.18.